The van der Waals surface area contributed by atoms with Crippen LogP contribution in [0.3, 0.4) is 0 Å². The number of hydrogen-bond donors (Lipinski definition) is 3. The van der Waals surface area contributed by atoms with Gasteiger partial charge in [-0.15, -0.1) is 0 Å². The van der Waals surface area contributed by atoms with Crippen LogP contribution in [-0.2, 0) is 0 Å². The van der Waals surface area contributed by atoms with E-state index in [0.29, 0.717) is 5.69 Å². The molecule has 0 spiro atoms. The summed E-state index contributed by atoms with van der Waals surface area (Å²) < 4.78 is 0. The molecule has 3 N–H and O–H groups in total. The van der Waals surface area contributed by atoms with Crippen LogP contribution in [0.25, 0.3) is 0 Å². The van der Waals surface area contributed by atoms with Gasteiger partial charge in [0.2, 0.25) is 0 Å². The Morgan fingerprint density at radius 1 is 0.889 bits per heavy atom. The molecule has 0 aliphatic heterocycles. The number of rotatable bonds is 6. The predicted octanol–water partition coefficient (Wildman–Crippen LogP) is 6.02. The Kier molecular flexibility index (Phi) is 7.10. The summed E-state index contributed by atoms with van der Waals surface area (Å²) in [5.74, 6) is -2.43. The molecule has 0 atom stereocenters. The molecule has 140 valence electrons. The van der Waals surface area contributed by atoms with Crippen molar-refractivity contribution < 1.29 is 19.8 Å². The van der Waals surface area contributed by atoms with Crippen molar-refractivity contribution in [2.45, 2.75) is 0 Å². The first-order chi connectivity index (χ1) is 12.7. The quantitative estimate of drug-likeness (QED) is 0.470. The Balaban J connectivity index is 2.18. The Morgan fingerprint density at radius 3 is 2.04 bits per heavy atom. The summed E-state index contributed by atoms with van der Waals surface area (Å²) in [5, 5.41) is 21.3. The number of carboxylic acid groups (broad SMARTS) is 2. The zero-order valence-corrected chi connectivity index (χ0v) is 16.2. The predicted molar refractivity (Wildman–Crippen MR) is 108 cm³/mol. The monoisotopic (exact) mass is 446 g/mol. The van der Waals surface area contributed by atoms with E-state index in [4.69, 9.17) is 56.6 Å². The maximum absolute atomic E-state index is 11.1. The van der Waals surface area contributed by atoms with E-state index < -0.39 is 11.9 Å². The maximum Gasteiger partial charge on any atom is 0.337 e. The van der Waals surface area contributed by atoms with Crippen LogP contribution < -0.4 is 5.32 Å². The molecule has 10 heteroatoms. The van der Waals surface area contributed by atoms with Crippen molar-refractivity contribution in [1.29, 1.82) is 0 Å². The normalized spacial score (nSPS) is 11.3. The van der Waals surface area contributed by atoms with Crippen LogP contribution in [0.5, 0.6) is 0 Å². The Morgan fingerprint density at radius 2 is 1.44 bits per heavy atom. The fourth-order valence-corrected chi connectivity index (χ4v) is 2.89. The molecule has 0 bridgehead atoms. The van der Waals surface area contributed by atoms with Crippen molar-refractivity contribution >= 4 is 75.9 Å². The van der Waals surface area contributed by atoms with Gasteiger partial charge in [0.1, 0.15) is 0 Å². The second-order valence-electron chi connectivity index (χ2n) is 4.99. The number of aliphatic imine (C=N–C) groups is 1. The SMILES string of the molecule is O=C(O)c1cc(Cl)cc(N=C/C=C/Nc2cc(Cl)cc(C(=O)O)c2Cl)c1Cl. The third-order valence-electron chi connectivity index (χ3n) is 3.15. The molecule has 2 rings (SSSR count). The molecule has 0 aliphatic carbocycles. The lowest BCUT2D eigenvalue weighted by Crippen LogP contribution is -2.00. The highest BCUT2D eigenvalue weighted by Gasteiger charge is 2.14. The molecular weight excluding hydrogens is 438 g/mol. The molecular formula is C17H10Cl4N2O4. The highest BCUT2D eigenvalue weighted by atomic mass is 35.5. The van der Waals surface area contributed by atoms with Crippen LogP contribution in [0.1, 0.15) is 20.7 Å². The number of nitrogens with zero attached hydrogens (tertiary/aromatic N) is 1. The number of nitrogens with one attached hydrogen (secondary N) is 1. The van der Waals surface area contributed by atoms with Crippen molar-refractivity contribution in [2.24, 2.45) is 4.99 Å². The number of halogens is 4. The fourth-order valence-electron chi connectivity index (χ4n) is 1.98. The third-order valence-corrected chi connectivity index (χ3v) is 4.39. The molecule has 0 amide bonds. The molecule has 0 aromatic heterocycles. The van der Waals surface area contributed by atoms with E-state index >= 15 is 0 Å². The minimum absolute atomic E-state index is 0.00234. The van der Waals surface area contributed by atoms with Crippen LogP contribution in [0.15, 0.2) is 41.5 Å². The standard InChI is InChI=1S/C17H10Cl4N2O4/c18-8-4-10(16(24)25)14(20)12(6-8)22-2-1-3-23-13-7-9(19)5-11(15(13)21)17(26)27/h1-7,22H,(H,24,25)(H,26,27)/b2-1+,23-3?. The number of carbonyl (C=O) groups is 2. The number of anilines is 1. The molecule has 2 aromatic carbocycles. The van der Waals surface area contributed by atoms with Crippen LogP contribution >= 0.6 is 46.4 Å². The number of benzene rings is 2. The molecule has 27 heavy (non-hydrogen) atoms. The minimum atomic E-state index is -1.22. The maximum atomic E-state index is 11.1. The third kappa shape index (κ3) is 5.37. The van der Waals surface area contributed by atoms with Gasteiger partial charge in [-0.3, -0.25) is 4.99 Å². The zero-order chi connectivity index (χ0) is 20.1. The number of aromatic carboxylic acids is 2. The van der Waals surface area contributed by atoms with Gasteiger partial charge in [0.25, 0.3) is 0 Å². The van der Waals surface area contributed by atoms with E-state index in [1.165, 1.54) is 42.8 Å². The van der Waals surface area contributed by atoms with Crippen LogP contribution in [-0.4, -0.2) is 28.4 Å². The van der Waals surface area contributed by atoms with Crippen molar-refractivity contribution in [3.8, 4) is 0 Å². The second-order valence-corrected chi connectivity index (χ2v) is 6.62. The summed E-state index contributed by atoms with van der Waals surface area (Å²) in [6.07, 6.45) is 4.24. The lowest BCUT2D eigenvalue weighted by Gasteiger charge is -2.07. The lowest BCUT2D eigenvalue weighted by molar-refractivity contribution is 0.0686. The van der Waals surface area contributed by atoms with Gasteiger partial charge in [-0.05, 0) is 30.3 Å². The number of carboxylic acids is 2. The fraction of sp³-hybridized carbons (Fsp3) is 0. The van der Waals surface area contributed by atoms with E-state index in [-0.39, 0.29) is 36.9 Å². The molecule has 0 fully saturated rings. The number of allylic oxidation sites excluding steroid dienone is 1. The summed E-state index contributed by atoms with van der Waals surface area (Å²) >= 11 is 23.7. The van der Waals surface area contributed by atoms with Crippen LogP contribution in [0, 0.1) is 0 Å². The van der Waals surface area contributed by atoms with Gasteiger partial charge in [-0.2, -0.15) is 0 Å². The Labute approximate surface area is 173 Å². The van der Waals surface area contributed by atoms with Crippen molar-refractivity contribution in [2.75, 3.05) is 5.32 Å². The Hall–Kier alpha value is -2.25. The molecule has 0 heterocycles. The molecule has 0 saturated heterocycles. The zero-order valence-electron chi connectivity index (χ0n) is 13.2. The van der Waals surface area contributed by atoms with E-state index in [9.17, 15) is 9.59 Å². The summed E-state index contributed by atoms with van der Waals surface area (Å²) in [7, 11) is 0. The Bertz CT molecular complexity index is 974. The van der Waals surface area contributed by atoms with Gasteiger partial charge in [0.15, 0.2) is 0 Å². The molecule has 0 aliphatic rings. The summed E-state index contributed by atoms with van der Waals surface area (Å²) in [6, 6.07) is 5.35. The van der Waals surface area contributed by atoms with E-state index in [1.807, 2.05) is 0 Å². The smallest absolute Gasteiger partial charge is 0.337 e. The van der Waals surface area contributed by atoms with Gasteiger partial charge in [0, 0.05) is 22.5 Å². The van der Waals surface area contributed by atoms with Gasteiger partial charge >= 0.3 is 11.9 Å². The van der Waals surface area contributed by atoms with Crippen molar-refractivity contribution in [3.05, 3.63) is 67.8 Å². The van der Waals surface area contributed by atoms with E-state index in [0.717, 1.165) is 0 Å². The van der Waals surface area contributed by atoms with Gasteiger partial charge in [0.05, 0.1) is 32.5 Å². The molecule has 0 radical (unpaired) electrons. The topological polar surface area (TPSA) is 99.0 Å². The van der Waals surface area contributed by atoms with Crippen LogP contribution in [0.4, 0.5) is 11.4 Å². The average Bonchev–Trinajstić information content (AvgIpc) is 2.59. The second kappa shape index (κ2) is 9.10. The van der Waals surface area contributed by atoms with Crippen molar-refractivity contribution in [1.82, 2.24) is 0 Å². The lowest BCUT2D eigenvalue weighted by atomic mass is 10.2. The summed E-state index contributed by atoms with van der Waals surface area (Å²) in [4.78, 5) is 26.3. The molecule has 0 unspecified atom stereocenters. The van der Waals surface area contributed by atoms with Crippen LogP contribution in [0.2, 0.25) is 20.1 Å². The average molecular weight is 448 g/mol. The molecule has 2 aromatic rings. The van der Waals surface area contributed by atoms with Gasteiger partial charge < -0.3 is 15.5 Å². The first-order valence-electron chi connectivity index (χ1n) is 7.11. The first kappa shape index (κ1) is 21.1. The minimum Gasteiger partial charge on any atom is -0.478 e. The summed E-state index contributed by atoms with van der Waals surface area (Å²) in [5.41, 5.74) is 0.173. The number of hydrogen-bond acceptors (Lipinski definition) is 4. The van der Waals surface area contributed by atoms with Crippen molar-refractivity contribution in [3.63, 3.8) is 0 Å². The highest BCUT2D eigenvalue weighted by Crippen LogP contribution is 2.32. The molecule has 0 saturated carbocycles. The highest BCUT2D eigenvalue weighted by molar-refractivity contribution is 6.38. The van der Waals surface area contributed by atoms with Gasteiger partial charge in [-0.25, -0.2) is 9.59 Å². The summed E-state index contributed by atoms with van der Waals surface area (Å²) in [6.45, 7) is 0. The largest absolute Gasteiger partial charge is 0.478 e. The molecule has 6 nitrogen and oxygen atoms in total. The van der Waals surface area contributed by atoms with E-state index in [2.05, 4.69) is 10.3 Å². The van der Waals surface area contributed by atoms with E-state index in [1.54, 1.807) is 0 Å². The first-order valence-corrected chi connectivity index (χ1v) is 8.62. The van der Waals surface area contributed by atoms with Gasteiger partial charge in [-0.1, -0.05) is 46.4 Å².